The fourth-order valence-corrected chi connectivity index (χ4v) is 2.88. The van der Waals surface area contributed by atoms with E-state index in [4.69, 9.17) is 9.29 Å². The highest BCUT2D eigenvalue weighted by Gasteiger charge is 2.28. The van der Waals surface area contributed by atoms with Crippen molar-refractivity contribution >= 4 is 10.1 Å². The predicted molar refractivity (Wildman–Crippen MR) is 65.1 cm³/mol. The van der Waals surface area contributed by atoms with E-state index < -0.39 is 22.3 Å². The first-order chi connectivity index (χ1) is 8.38. The molecule has 0 aromatic heterocycles. The minimum Gasteiger partial charge on any atom is -0.390 e. The van der Waals surface area contributed by atoms with Gasteiger partial charge in [-0.3, -0.25) is 4.55 Å². The van der Waals surface area contributed by atoms with Gasteiger partial charge in [-0.1, -0.05) is 17.7 Å². The highest BCUT2D eigenvalue weighted by Crippen LogP contribution is 2.23. The van der Waals surface area contributed by atoms with Crippen LogP contribution < -0.4 is 0 Å². The maximum absolute atomic E-state index is 11.3. The summed E-state index contributed by atoms with van der Waals surface area (Å²) in [4.78, 5) is -0.115. The van der Waals surface area contributed by atoms with Crippen molar-refractivity contribution in [1.29, 1.82) is 0 Å². The first-order valence-electron chi connectivity index (χ1n) is 5.74. The van der Waals surface area contributed by atoms with E-state index in [0.717, 1.165) is 5.56 Å². The smallest absolute Gasteiger partial charge is 0.294 e. The molecule has 0 unspecified atom stereocenters. The molecule has 0 saturated carbocycles. The summed E-state index contributed by atoms with van der Waals surface area (Å²) in [5.41, 5.74) is 1.37. The lowest BCUT2D eigenvalue weighted by atomic mass is 10.0. The Kier molecular flexibility index (Phi) is 3.72. The number of hydrogen-bond donors (Lipinski definition) is 2. The van der Waals surface area contributed by atoms with Crippen LogP contribution in [0.25, 0.3) is 0 Å². The Morgan fingerprint density at radius 1 is 1.44 bits per heavy atom. The van der Waals surface area contributed by atoms with E-state index in [0.29, 0.717) is 18.6 Å². The van der Waals surface area contributed by atoms with E-state index in [2.05, 4.69) is 0 Å². The maximum atomic E-state index is 11.3. The van der Waals surface area contributed by atoms with Gasteiger partial charge in [0.1, 0.15) is 0 Å². The van der Waals surface area contributed by atoms with Crippen LogP contribution in [-0.2, 0) is 21.3 Å². The van der Waals surface area contributed by atoms with Gasteiger partial charge in [-0.15, -0.1) is 0 Å². The van der Waals surface area contributed by atoms with E-state index in [1.165, 1.54) is 6.07 Å². The normalized spacial score (nSPS) is 24.4. The van der Waals surface area contributed by atoms with Gasteiger partial charge in [-0.25, -0.2) is 0 Å². The van der Waals surface area contributed by atoms with Crippen LogP contribution in [0.4, 0.5) is 0 Å². The number of aliphatic hydroxyl groups is 1. The molecule has 100 valence electrons. The fourth-order valence-electron chi connectivity index (χ4n) is 2.17. The van der Waals surface area contributed by atoms with Gasteiger partial charge in [0, 0.05) is 13.0 Å². The summed E-state index contributed by atoms with van der Waals surface area (Å²) < 4.78 is 37.1. The lowest BCUT2D eigenvalue weighted by Crippen LogP contribution is -2.24. The molecule has 2 rings (SSSR count). The number of ether oxygens (including phenoxy) is 1. The minimum atomic E-state index is -4.25. The van der Waals surface area contributed by atoms with Crippen molar-refractivity contribution in [3.63, 3.8) is 0 Å². The summed E-state index contributed by atoms with van der Waals surface area (Å²) in [5, 5.41) is 9.68. The summed E-state index contributed by atoms with van der Waals surface area (Å²) in [5.74, 6) is 0. The average molecular weight is 272 g/mol. The minimum absolute atomic E-state index is 0.115. The molecule has 0 radical (unpaired) electrons. The van der Waals surface area contributed by atoms with Crippen LogP contribution in [0, 0.1) is 6.92 Å². The SMILES string of the molecule is Cc1ccc(S(=O)(=O)O)c(C[C@H]2OCC[C@@H]2O)c1. The summed E-state index contributed by atoms with van der Waals surface area (Å²) in [6.07, 6.45) is -0.164. The number of benzene rings is 1. The maximum Gasteiger partial charge on any atom is 0.294 e. The number of rotatable bonds is 3. The first kappa shape index (κ1) is 13.5. The third-order valence-corrected chi connectivity index (χ3v) is 4.04. The van der Waals surface area contributed by atoms with Crippen LogP contribution in [0.15, 0.2) is 23.1 Å². The summed E-state index contributed by atoms with van der Waals surface area (Å²) in [7, 11) is -4.25. The summed E-state index contributed by atoms with van der Waals surface area (Å²) >= 11 is 0. The van der Waals surface area contributed by atoms with Gasteiger partial charge in [0.25, 0.3) is 10.1 Å². The highest BCUT2D eigenvalue weighted by molar-refractivity contribution is 7.85. The Labute approximate surface area is 106 Å². The van der Waals surface area contributed by atoms with Crippen LogP contribution in [0.2, 0.25) is 0 Å². The van der Waals surface area contributed by atoms with Crippen LogP contribution in [-0.4, -0.2) is 36.9 Å². The molecule has 6 heteroatoms. The van der Waals surface area contributed by atoms with Crippen molar-refractivity contribution in [2.75, 3.05) is 6.61 Å². The van der Waals surface area contributed by atoms with Crippen molar-refractivity contribution in [2.24, 2.45) is 0 Å². The van der Waals surface area contributed by atoms with Crippen LogP contribution >= 0.6 is 0 Å². The van der Waals surface area contributed by atoms with E-state index >= 15 is 0 Å². The number of hydrogen-bond acceptors (Lipinski definition) is 4. The third-order valence-electron chi connectivity index (χ3n) is 3.09. The Morgan fingerprint density at radius 2 is 2.17 bits per heavy atom. The van der Waals surface area contributed by atoms with E-state index in [1.54, 1.807) is 12.1 Å². The molecule has 1 aromatic rings. The third kappa shape index (κ3) is 2.89. The van der Waals surface area contributed by atoms with Gasteiger partial charge >= 0.3 is 0 Å². The van der Waals surface area contributed by atoms with Gasteiger partial charge in [0.05, 0.1) is 17.1 Å². The van der Waals surface area contributed by atoms with Crippen molar-refractivity contribution in [3.05, 3.63) is 29.3 Å². The lowest BCUT2D eigenvalue weighted by Gasteiger charge is -2.16. The molecule has 0 amide bonds. The van der Waals surface area contributed by atoms with Gasteiger partial charge < -0.3 is 9.84 Å². The standard InChI is InChI=1S/C12H16O5S/c1-8-2-3-12(18(14,15)16)9(6-8)7-11-10(13)4-5-17-11/h2-3,6,10-11,13H,4-5,7H2,1H3,(H,14,15,16)/t10-,11+/m0/s1. The van der Waals surface area contributed by atoms with Crippen molar-refractivity contribution in [3.8, 4) is 0 Å². The molecule has 1 saturated heterocycles. The Bertz CT molecular complexity index is 537. The van der Waals surface area contributed by atoms with Crippen molar-refractivity contribution in [1.82, 2.24) is 0 Å². The molecule has 1 aliphatic rings. The molecule has 0 aliphatic carbocycles. The largest absolute Gasteiger partial charge is 0.390 e. The van der Waals surface area contributed by atoms with Gasteiger partial charge in [-0.05, 0) is 25.0 Å². The fraction of sp³-hybridized carbons (Fsp3) is 0.500. The molecule has 2 N–H and O–H groups in total. The Hall–Kier alpha value is -0.950. The van der Waals surface area contributed by atoms with Crippen molar-refractivity contribution in [2.45, 2.75) is 36.9 Å². The van der Waals surface area contributed by atoms with E-state index in [-0.39, 0.29) is 11.3 Å². The average Bonchev–Trinajstić information content (AvgIpc) is 2.62. The zero-order valence-corrected chi connectivity index (χ0v) is 10.9. The molecule has 1 fully saturated rings. The van der Waals surface area contributed by atoms with E-state index in [1.807, 2.05) is 6.92 Å². The van der Waals surface area contributed by atoms with Gasteiger partial charge in [-0.2, -0.15) is 8.42 Å². The molecular formula is C12H16O5S. The first-order valence-corrected chi connectivity index (χ1v) is 7.18. The lowest BCUT2D eigenvalue weighted by molar-refractivity contribution is 0.0425. The summed E-state index contributed by atoms with van der Waals surface area (Å²) in [6.45, 7) is 2.31. The van der Waals surface area contributed by atoms with Crippen LogP contribution in [0.1, 0.15) is 17.5 Å². The Morgan fingerprint density at radius 3 is 2.72 bits per heavy atom. The molecule has 5 nitrogen and oxygen atoms in total. The van der Waals surface area contributed by atoms with E-state index in [9.17, 15) is 13.5 Å². The van der Waals surface area contributed by atoms with Crippen molar-refractivity contribution < 1.29 is 22.8 Å². The molecule has 1 aromatic carbocycles. The molecule has 0 bridgehead atoms. The quantitative estimate of drug-likeness (QED) is 0.800. The second kappa shape index (κ2) is 4.97. The predicted octanol–water partition coefficient (Wildman–Crippen LogP) is 0.934. The monoisotopic (exact) mass is 272 g/mol. The molecular weight excluding hydrogens is 256 g/mol. The molecule has 1 heterocycles. The second-order valence-electron chi connectivity index (χ2n) is 4.56. The van der Waals surface area contributed by atoms with Gasteiger partial charge in [0.15, 0.2) is 0 Å². The molecule has 0 spiro atoms. The van der Waals surface area contributed by atoms with Crippen LogP contribution in [0.3, 0.4) is 0 Å². The van der Waals surface area contributed by atoms with Crippen LogP contribution in [0.5, 0.6) is 0 Å². The molecule has 1 aliphatic heterocycles. The number of aryl methyl sites for hydroxylation is 1. The number of aliphatic hydroxyl groups excluding tert-OH is 1. The van der Waals surface area contributed by atoms with Gasteiger partial charge in [0.2, 0.25) is 0 Å². The highest BCUT2D eigenvalue weighted by atomic mass is 32.2. The molecule has 18 heavy (non-hydrogen) atoms. The topological polar surface area (TPSA) is 83.8 Å². The zero-order valence-electron chi connectivity index (χ0n) is 10.0. The molecule has 2 atom stereocenters. The zero-order chi connectivity index (χ0) is 13.3. The Balaban J connectivity index is 2.34. The second-order valence-corrected chi connectivity index (χ2v) is 5.95. The summed E-state index contributed by atoms with van der Waals surface area (Å²) in [6, 6.07) is 4.69.